The van der Waals surface area contributed by atoms with Crippen LogP contribution in [0, 0.1) is 17.6 Å². The van der Waals surface area contributed by atoms with Gasteiger partial charge in [-0.3, -0.25) is 14.6 Å². The van der Waals surface area contributed by atoms with Crippen molar-refractivity contribution in [3.8, 4) is 11.1 Å². The van der Waals surface area contributed by atoms with Gasteiger partial charge in [-0.1, -0.05) is 24.3 Å². The van der Waals surface area contributed by atoms with Crippen LogP contribution in [0.2, 0.25) is 0 Å². The molecule has 3 amide bonds. The molecule has 1 aliphatic carbocycles. The second kappa shape index (κ2) is 13.2. The molecule has 238 valence electrons. The molecule has 2 fully saturated rings. The Morgan fingerprint density at radius 3 is 2.33 bits per heavy atom. The van der Waals surface area contributed by atoms with Gasteiger partial charge in [-0.05, 0) is 75.4 Å². The zero-order valence-electron chi connectivity index (χ0n) is 26.0. The Kier molecular flexibility index (Phi) is 9.36. The normalized spacial score (nSPS) is 15.8. The van der Waals surface area contributed by atoms with Gasteiger partial charge in [-0.15, -0.1) is 0 Å². The highest BCUT2D eigenvalue weighted by molar-refractivity contribution is 5.93. The van der Waals surface area contributed by atoms with E-state index in [1.54, 1.807) is 57.3 Å². The minimum Gasteiger partial charge on any atom is -0.444 e. The van der Waals surface area contributed by atoms with Crippen LogP contribution >= 0.6 is 0 Å². The van der Waals surface area contributed by atoms with E-state index in [2.05, 4.69) is 20.5 Å². The SMILES string of the molecule is C[C@@H](NC(=O)c1cc(N2CCN(C(=O)C3CC3)CC2)ccn1)c1ccc(-c2cc(F)cc(F)c2CNC(=O)OC(C)(C)C)cc1. The maximum Gasteiger partial charge on any atom is 0.407 e. The Labute approximate surface area is 262 Å². The number of anilines is 1. The zero-order chi connectivity index (χ0) is 32.3. The molecule has 2 heterocycles. The first-order valence-electron chi connectivity index (χ1n) is 15.2. The molecule has 45 heavy (non-hydrogen) atoms. The predicted octanol–water partition coefficient (Wildman–Crippen LogP) is 5.60. The van der Waals surface area contributed by atoms with Crippen molar-refractivity contribution in [3.63, 3.8) is 0 Å². The molecule has 2 N–H and O–H groups in total. The highest BCUT2D eigenvalue weighted by Gasteiger charge is 2.34. The largest absolute Gasteiger partial charge is 0.444 e. The van der Waals surface area contributed by atoms with E-state index >= 15 is 0 Å². The van der Waals surface area contributed by atoms with E-state index in [9.17, 15) is 23.2 Å². The van der Waals surface area contributed by atoms with Crippen molar-refractivity contribution in [1.29, 1.82) is 0 Å². The van der Waals surface area contributed by atoms with Crippen LogP contribution in [-0.2, 0) is 16.1 Å². The van der Waals surface area contributed by atoms with E-state index in [1.165, 1.54) is 6.07 Å². The molecular formula is C34H39F2N5O4. The summed E-state index contributed by atoms with van der Waals surface area (Å²) >= 11 is 0. The number of amides is 3. The average molecular weight is 620 g/mol. The van der Waals surface area contributed by atoms with E-state index in [1.807, 2.05) is 17.9 Å². The monoisotopic (exact) mass is 619 g/mol. The highest BCUT2D eigenvalue weighted by atomic mass is 19.1. The van der Waals surface area contributed by atoms with E-state index in [0.717, 1.165) is 30.2 Å². The van der Waals surface area contributed by atoms with Gasteiger partial charge < -0.3 is 25.2 Å². The Morgan fingerprint density at radius 1 is 1.00 bits per heavy atom. The number of ether oxygens (including phenoxy) is 1. The lowest BCUT2D eigenvalue weighted by atomic mass is 9.96. The Hall–Kier alpha value is -4.54. The summed E-state index contributed by atoms with van der Waals surface area (Å²) < 4.78 is 34.3. The topological polar surface area (TPSA) is 104 Å². The maximum absolute atomic E-state index is 14.8. The molecule has 2 aromatic carbocycles. The number of alkyl carbamates (subject to hydrolysis) is 1. The molecule has 0 radical (unpaired) electrons. The van der Waals surface area contributed by atoms with E-state index in [4.69, 9.17) is 4.74 Å². The number of carbonyl (C=O) groups is 3. The van der Waals surface area contributed by atoms with Crippen LogP contribution in [0.4, 0.5) is 19.3 Å². The van der Waals surface area contributed by atoms with Crippen molar-refractivity contribution in [2.45, 2.75) is 58.7 Å². The van der Waals surface area contributed by atoms with Crippen LogP contribution in [0.1, 0.15) is 68.2 Å². The van der Waals surface area contributed by atoms with Crippen molar-refractivity contribution in [1.82, 2.24) is 20.5 Å². The lowest BCUT2D eigenvalue weighted by Gasteiger charge is -2.36. The molecule has 1 saturated heterocycles. The number of hydrogen-bond acceptors (Lipinski definition) is 6. The summed E-state index contributed by atoms with van der Waals surface area (Å²) in [5, 5.41) is 5.50. The lowest BCUT2D eigenvalue weighted by molar-refractivity contribution is -0.132. The van der Waals surface area contributed by atoms with Crippen LogP contribution in [-0.4, -0.2) is 59.6 Å². The molecule has 1 atom stereocenters. The first-order chi connectivity index (χ1) is 21.4. The predicted molar refractivity (Wildman–Crippen MR) is 167 cm³/mol. The average Bonchev–Trinajstić information content (AvgIpc) is 3.85. The van der Waals surface area contributed by atoms with Gasteiger partial charge in [-0.25, -0.2) is 13.6 Å². The fourth-order valence-corrected chi connectivity index (χ4v) is 5.33. The number of benzene rings is 2. The van der Waals surface area contributed by atoms with Crippen molar-refractivity contribution in [2.75, 3.05) is 31.1 Å². The fourth-order valence-electron chi connectivity index (χ4n) is 5.33. The summed E-state index contributed by atoms with van der Waals surface area (Å²) in [4.78, 5) is 46.0. The maximum atomic E-state index is 14.8. The second-order valence-corrected chi connectivity index (χ2v) is 12.6. The molecule has 1 aliphatic heterocycles. The van der Waals surface area contributed by atoms with Crippen molar-refractivity contribution >= 4 is 23.6 Å². The third-order valence-electron chi connectivity index (χ3n) is 7.90. The summed E-state index contributed by atoms with van der Waals surface area (Å²) in [6, 6.07) is 12.2. The number of aromatic nitrogens is 1. The third kappa shape index (κ3) is 8.14. The van der Waals surface area contributed by atoms with Gasteiger partial charge in [0.2, 0.25) is 5.91 Å². The second-order valence-electron chi connectivity index (χ2n) is 12.6. The van der Waals surface area contributed by atoms with Gasteiger partial charge in [0, 0.05) is 62.2 Å². The van der Waals surface area contributed by atoms with Gasteiger partial charge in [0.15, 0.2) is 0 Å². The number of carbonyl (C=O) groups excluding carboxylic acids is 3. The standard InChI is InChI=1S/C34H39F2N5O4/c1-21(39-31(42)30-19-26(11-12-37-30)40-13-15-41(16-14-40)32(43)24-9-10-24)22-5-7-23(8-6-22)27-17-25(35)18-29(36)28(27)20-38-33(44)45-34(2,3)4/h5-8,11-12,17-19,21,24H,9-10,13-16,20H2,1-4H3,(H,38,44)(H,39,42)/t21-/m1/s1. The molecular weight excluding hydrogens is 580 g/mol. The number of nitrogens with zero attached hydrogens (tertiary/aromatic N) is 3. The van der Waals surface area contributed by atoms with E-state index < -0.39 is 23.3 Å². The highest BCUT2D eigenvalue weighted by Crippen LogP contribution is 2.32. The molecule has 0 unspecified atom stereocenters. The van der Waals surface area contributed by atoms with Gasteiger partial charge in [0.05, 0.1) is 6.04 Å². The van der Waals surface area contributed by atoms with Gasteiger partial charge >= 0.3 is 6.09 Å². The number of halogens is 2. The summed E-state index contributed by atoms with van der Waals surface area (Å²) in [6.07, 6.45) is 2.89. The minimum atomic E-state index is -0.783. The number of piperazine rings is 1. The molecule has 11 heteroatoms. The van der Waals surface area contributed by atoms with Crippen molar-refractivity contribution < 1.29 is 27.9 Å². The summed E-state index contributed by atoms with van der Waals surface area (Å²) in [7, 11) is 0. The Balaban J connectivity index is 1.22. The van der Waals surface area contributed by atoms with E-state index in [-0.39, 0.29) is 41.6 Å². The van der Waals surface area contributed by atoms with Gasteiger partial charge in [0.25, 0.3) is 5.91 Å². The molecule has 0 bridgehead atoms. The van der Waals surface area contributed by atoms with Crippen LogP contribution in [0.25, 0.3) is 11.1 Å². The number of hydrogen-bond donors (Lipinski definition) is 2. The Morgan fingerprint density at radius 2 is 1.69 bits per heavy atom. The van der Waals surface area contributed by atoms with Gasteiger partial charge in [-0.2, -0.15) is 0 Å². The molecule has 5 rings (SSSR count). The number of rotatable bonds is 8. The summed E-state index contributed by atoms with van der Waals surface area (Å²) in [5.74, 6) is -1.39. The molecule has 1 saturated carbocycles. The van der Waals surface area contributed by atoms with Crippen molar-refractivity contribution in [2.24, 2.45) is 5.92 Å². The summed E-state index contributed by atoms with van der Waals surface area (Å²) in [6.45, 7) is 9.53. The molecule has 3 aromatic rings. The van der Waals surface area contributed by atoms with Crippen LogP contribution in [0.5, 0.6) is 0 Å². The molecule has 2 aliphatic rings. The first kappa shape index (κ1) is 31.9. The van der Waals surface area contributed by atoms with Crippen LogP contribution in [0.3, 0.4) is 0 Å². The molecule has 1 aromatic heterocycles. The smallest absolute Gasteiger partial charge is 0.407 e. The quantitative estimate of drug-likeness (QED) is 0.340. The fraction of sp³-hybridized carbons (Fsp3) is 0.412. The van der Waals surface area contributed by atoms with Gasteiger partial charge in [0.1, 0.15) is 22.9 Å². The molecule has 9 nitrogen and oxygen atoms in total. The van der Waals surface area contributed by atoms with Crippen molar-refractivity contribution in [3.05, 3.63) is 83.2 Å². The van der Waals surface area contributed by atoms with E-state index in [0.29, 0.717) is 37.3 Å². The van der Waals surface area contributed by atoms with Crippen LogP contribution < -0.4 is 15.5 Å². The zero-order valence-corrected chi connectivity index (χ0v) is 26.0. The Bertz CT molecular complexity index is 1560. The first-order valence-corrected chi connectivity index (χ1v) is 15.2. The lowest BCUT2D eigenvalue weighted by Crippen LogP contribution is -2.49. The number of nitrogens with one attached hydrogen (secondary N) is 2. The minimum absolute atomic E-state index is 0.123. The summed E-state index contributed by atoms with van der Waals surface area (Å²) in [5.41, 5.74) is 2.19. The third-order valence-corrected chi connectivity index (χ3v) is 7.90. The number of pyridine rings is 1. The molecule has 0 spiro atoms. The van der Waals surface area contributed by atoms with Crippen LogP contribution in [0.15, 0.2) is 54.7 Å².